The molecule has 1 rings (SSSR count). The minimum absolute atomic E-state index is 0. The molecular formula is C17H30ClN3O3S. The van der Waals surface area contributed by atoms with Gasteiger partial charge in [0.05, 0.1) is 6.26 Å². The van der Waals surface area contributed by atoms with Crippen LogP contribution in [0.15, 0.2) is 24.3 Å². The zero-order valence-corrected chi connectivity index (χ0v) is 16.6. The second kappa shape index (κ2) is 13.0. The van der Waals surface area contributed by atoms with Gasteiger partial charge in [-0.25, -0.2) is 8.42 Å². The summed E-state index contributed by atoms with van der Waals surface area (Å²) in [7, 11) is -3.30. The Labute approximate surface area is 157 Å². The molecule has 0 heterocycles. The SMILES string of the molecule is CCCCCCCNCCNC(=O)c1ccc(NS(C)(=O)=O)cc1.Cl. The monoisotopic (exact) mass is 391 g/mol. The zero-order valence-electron chi connectivity index (χ0n) is 15.0. The highest BCUT2D eigenvalue weighted by molar-refractivity contribution is 7.92. The molecule has 25 heavy (non-hydrogen) atoms. The van der Waals surface area contributed by atoms with E-state index in [0.717, 1.165) is 19.3 Å². The number of carbonyl (C=O) groups excluding carboxylic acids is 1. The summed E-state index contributed by atoms with van der Waals surface area (Å²) >= 11 is 0. The third-order valence-electron chi connectivity index (χ3n) is 3.49. The average Bonchev–Trinajstić information content (AvgIpc) is 2.52. The quantitative estimate of drug-likeness (QED) is 0.478. The van der Waals surface area contributed by atoms with Gasteiger partial charge in [0.25, 0.3) is 5.91 Å². The van der Waals surface area contributed by atoms with Gasteiger partial charge in [-0.05, 0) is 37.2 Å². The van der Waals surface area contributed by atoms with Crippen molar-refractivity contribution in [1.29, 1.82) is 0 Å². The minimum atomic E-state index is -3.30. The van der Waals surface area contributed by atoms with Gasteiger partial charge in [-0.1, -0.05) is 32.6 Å². The maximum atomic E-state index is 12.0. The molecule has 6 nitrogen and oxygen atoms in total. The largest absolute Gasteiger partial charge is 0.351 e. The van der Waals surface area contributed by atoms with Crippen LogP contribution in [0.1, 0.15) is 49.4 Å². The van der Waals surface area contributed by atoms with E-state index in [9.17, 15) is 13.2 Å². The molecule has 0 aliphatic rings. The van der Waals surface area contributed by atoms with E-state index in [1.54, 1.807) is 24.3 Å². The number of anilines is 1. The van der Waals surface area contributed by atoms with Crippen molar-refractivity contribution in [3.63, 3.8) is 0 Å². The lowest BCUT2D eigenvalue weighted by Gasteiger charge is -2.08. The van der Waals surface area contributed by atoms with Crippen molar-refractivity contribution in [3.8, 4) is 0 Å². The molecule has 0 atom stereocenters. The first-order chi connectivity index (χ1) is 11.4. The normalized spacial score (nSPS) is 10.8. The molecule has 1 aromatic rings. The standard InChI is InChI=1S/C17H29N3O3S.ClH/c1-3-4-5-6-7-12-18-13-14-19-17(21)15-8-10-16(11-9-15)20-24(2,22)23;/h8-11,18,20H,3-7,12-14H2,1-2H3,(H,19,21);1H. The summed E-state index contributed by atoms with van der Waals surface area (Å²) in [6.07, 6.45) is 7.35. The van der Waals surface area contributed by atoms with Crippen LogP contribution in [-0.4, -0.2) is 40.2 Å². The Kier molecular flexibility index (Phi) is 12.3. The molecule has 144 valence electrons. The van der Waals surface area contributed by atoms with Gasteiger partial charge in [0.1, 0.15) is 0 Å². The molecule has 0 bridgehead atoms. The highest BCUT2D eigenvalue weighted by Crippen LogP contribution is 2.10. The molecule has 0 saturated heterocycles. The molecule has 1 amide bonds. The molecule has 0 radical (unpaired) electrons. The highest BCUT2D eigenvalue weighted by Gasteiger charge is 2.06. The number of nitrogens with one attached hydrogen (secondary N) is 3. The van der Waals surface area contributed by atoms with Crippen molar-refractivity contribution in [2.24, 2.45) is 0 Å². The van der Waals surface area contributed by atoms with Gasteiger partial charge >= 0.3 is 0 Å². The van der Waals surface area contributed by atoms with Crippen molar-refractivity contribution in [3.05, 3.63) is 29.8 Å². The first-order valence-electron chi connectivity index (χ1n) is 8.49. The zero-order chi connectivity index (χ0) is 17.8. The van der Waals surface area contributed by atoms with Gasteiger partial charge < -0.3 is 10.6 Å². The number of amides is 1. The van der Waals surface area contributed by atoms with Crippen LogP contribution in [0.25, 0.3) is 0 Å². The van der Waals surface area contributed by atoms with Crippen LogP contribution < -0.4 is 15.4 Å². The fourth-order valence-electron chi connectivity index (χ4n) is 2.25. The van der Waals surface area contributed by atoms with E-state index in [1.165, 1.54) is 32.1 Å². The van der Waals surface area contributed by atoms with Crippen LogP contribution in [0, 0.1) is 0 Å². The predicted molar refractivity (Wildman–Crippen MR) is 106 cm³/mol. The second-order valence-electron chi connectivity index (χ2n) is 5.87. The van der Waals surface area contributed by atoms with Gasteiger partial charge in [-0.2, -0.15) is 0 Å². The van der Waals surface area contributed by atoms with Crippen LogP contribution >= 0.6 is 12.4 Å². The smallest absolute Gasteiger partial charge is 0.251 e. The van der Waals surface area contributed by atoms with E-state index < -0.39 is 10.0 Å². The molecule has 8 heteroatoms. The van der Waals surface area contributed by atoms with Crippen molar-refractivity contribution >= 4 is 34.0 Å². The lowest BCUT2D eigenvalue weighted by molar-refractivity contribution is 0.0954. The van der Waals surface area contributed by atoms with E-state index in [1.807, 2.05) is 0 Å². The van der Waals surface area contributed by atoms with Gasteiger partial charge in [0, 0.05) is 24.3 Å². The average molecular weight is 392 g/mol. The Morgan fingerprint density at radius 2 is 1.60 bits per heavy atom. The highest BCUT2D eigenvalue weighted by atomic mass is 35.5. The predicted octanol–water partition coefficient (Wildman–Crippen LogP) is 2.77. The van der Waals surface area contributed by atoms with E-state index in [2.05, 4.69) is 22.3 Å². The summed E-state index contributed by atoms with van der Waals surface area (Å²) in [5.74, 6) is -0.161. The first-order valence-corrected chi connectivity index (χ1v) is 10.4. The Morgan fingerprint density at radius 1 is 0.960 bits per heavy atom. The molecule has 0 aliphatic carbocycles. The summed E-state index contributed by atoms with van der Waals surface area (Å²) < 4.78 is 24.6. The Hall–Kier alpha value is -1.31. The molecular weight excluding hydrogens is 362 g/mol. The molecule has 3 N–H and O–H groups in total. The molecule has 0 unspecified atom stereocenters. The second-order valence-corrected chi connectivity index (χ2v) is 7.62. The van der Waals surface area contributed by atoms with Gasteiger partial charge in [-0.3, -0.25) is 9.52 Å². The van der Waals surface area contributed by atoms with Crippen LogP contribution in [0.3, 0.4) is 0 Å². The van der Waals surface area contributed by atoms with Gasteiger partial charge in [0.2, 0.25) is 10.0 Å². The summed E-state index contributed by atoms with van der Waals surface area (Å²) in [4.78, 5) is 12.0. The summed E-state index contributed by atoms with van der Waals surface area (Å²) in [5, 5.41) is 6.15. The number of benzene rings is 1. The number of hydrogen-bond acceptors (Lipinski definition) is 4. The number of hydrogen-bond donors (Lipinski definition) is 3. The lowest BCUT2D eigenvalue weighted by atomic mass is 10.1. The van der Waals surface area contributed by atoms with E-state index >= 15 is 0 Å². The van der Waals surface area contributed by atoms with Crippen LogP contribution in [0.2, 0.25) is 0 Å². The third-order valence-corrected chi connectivity index (χ3v) is 4.10. The van der Waals surface area contributed by atoms with Gasteiger partial charge in [0.15, 0.2) is 0 Å². The topological polar surface area (TPSA) is 87.3 Å². The maximum Gasteiger partial charge on any atom is 0.251 e. The fourth-order valence-corrected chi connectivity index (χ4v) is 2.81. The van der Waals surface area contributed by atoms with E-state index in [4.69, 9.17) is 0 Å². The van der Waals surface area contributed by atoms with E-state index in [-0.39, 0.29) is 18.3 Å². The molecule has 0 aliphatic heterocycles. The molecule has 0 fully saturated rings. The van der Waals surface area contributed by atoms with Crippen molar-refractivity contribution < 1.29 is 13.2 Å². The Balaban J connectivity index is 0.00000576. The Bertz CT molecular complexity index is 592. The lowest BCUT2D eigenvalue weighted by Crippen LogP contribution is -2.32. The summed E-state index contributed by atoms with van der Waals surface area (Å²) in [5.41, 5.74) is 0.951. The molecule has 0 aromatic heterocycles. The number of rotatable bonds is 12. The fraction of sp³-hybridized carbons (Fsp3) is 0.588. The third kappa shape index (κ3) is 11.8. The Morgan fingerprint density at radius 3 is 2.20 bits per heavy atom. The summed E-state index contributed by atoms with van der Waals surface area (Å²) in [6.45, 7) is 4.49. The molecule has 1 aromatic carbocycles. The summed E-state index contributed by atoms with van der Waals surface area (Å²) in [6, 6.07) is 6.35. The van der Waals surface area contributed by atoms with Crippen molar-refractivity contribution in [2.45, 2.75) is 39.0 Å². The maximum absolute atomic E-state index is 12.0. The van der Waals surface area contributed by atoms with Crippen LogP contribution in [0.5, 0.6) is 0 Å². The number of sulfonamides is 1. The first kappa shape index (κ1) is 23.7. The van der Waals surface area contributed by atoms with E-state index in [0.29, 0.717) is 17.8 Å². The molecule has 0 saturated carbocycles. The van der Waals surface area contributed by atoms with Gasteiger partial charge in [-0.15, -0.1) is 12.4 Å². The number of unbranched alkanes of at least 4 members (excludes halogenated alkanes) is 4. The molecule has 0 spiro atoms. The minimum Gasteiger partial charge on any atom is -0.351 e. The van der Waals surface area contributed by atoms with Crippen LogP contribution in [-0.2, 0) is 10.0 Å². The van der Waals surface area contributed by atoms with Crippen molar-refractivity contribution in [2.75, 3.05) is 30.6 Å². The van der Waals surface area contributed by atoms with Crippen molar-refractivity contribution in [1.82, 2.24) is 10.6 Å². The number of halogens is 1. The number of carbonyl (C=O) groups is 1. The van der Waals surface area contributed by atoms with Crippen LogP contribution in [0.4, 0.5) is 5.69 Å².